The Morgan fingerprint density at radius 1 is 0.500 bits per heavy atom. The maximum atomic E-state index is 13.9. The second-order valence-electron chi connectivity index (χ2n) is 5.67. The van der Waals surface area contributed by atoms with Crippen LogP contribution in [-0.2, 0) is 13.1 Å². The van der Waals surface area contributed by atoms with E-state index < -0.39 is 54.4 Å². The summed E-state index contributed by atoms with van der Waals surface area (Å²) in [4.78, 5) is 0. The summed E-state index contributed by atoms with van der Waals surface area (Å²) in [7, 11) is 0. The van der Waals surface area contributed by atoms with E-state index in [0.717, 1.165) is 0 Å². The van der Waals surface area contributed by atoms with Crippen LogP contribution in [-0.4, -0.2) is 30.4 Å². The zero-order chi connectivity index (χ0) is 22.4. The molecule has 0 fully saturated rings. The van der Waals surface area contributed by atoms with E-state index >= 15 is 0 Å². The Morgan fingerprint density at radius 3 is 1.14 bits per heavy atom. The molecule has 1 rings (SSSR count). The predicted octanol–water partition coefficient (Wildman–Crippen LogP) is 6.64. The van der Waals surface area contributed by atoms with Crippen molar-refractivity contribution >= 4 is 0 Å². The largest absolute Gasteiger partial charge is 0.459 e. The van der Waals surface area contributed by atoms with Gasteiger partial charge in [0.05, 0.1) is 0 Å². The molecule has 0 saturated carbocycles. The first kappa shape index (κ1) is 24.3. The topological polar surface area (TPSA) is 0 Å². The molecule has 0 atom stereocenters. The Kier molecular flexibility index (Phi) is 6.01. The number of benzene rings is 1. The van der Waals surface area contributed by atoms with Crippen LogP contribution in [0, 0.1) is 5.41 Å². The highest BCUT2D eigenvalue weighted by Crippen LogP contribution is 2.66. The Bertz CT molecular complexity index is 647. The maximum absolute atomic E-state index is 13.9. The Hall–Kier alpha value is -1.76. The third-order valence-electron chi connectivity index (χ3n) is 3.90. The van der Waals surface area contributed by atoms with E-state index in [1.54, 1.807) is 0 Å². The van der Waals surface area contributed by atoms with Gasteiger partial charge < -0.3 is 0 Å². The zero-order valence-corrected chi connectivity index (χ0v) is 13.0. The zero-order valence-electron chi connectivity index (χ0n) is 13.0. The highest BCUT2D eigenvalue weighted by molar-refractivity contribution is 5.26. The number of alkyl halides is 14. The molecule has 0 saturated heterocycles. The predicted molar refractivity (Wildman–Crippen MR) is 65.4 cm³/mol. The number of rotatable bonds is 5. The third kappa shape index (κ3) is 3.61. The average Bonchev–Trinajstić information content (AvgIpc) is 2.49. The smallest absolute Gasteiger partial charge is 0.246 e. The van der Waals surface area contributed by atoms with Gasteiger partial charge in [-0.05, 0) is 11.1 Å². The number of halogens is 14. The molecule has 162 valence electrons. The van der Waals surface area contributed by atoms with Crippen LogP contribution >= 0.6 is 0 Å². The first-order valence-electron chi connectivity index (χ1n) is 6.86. The van der Waals surface area contributed by atoms with Gasteiger partial charge in [0, 0.05) is 6.42 Å². The Balaban J connectivity index is 3.81. The van der Waals surface area contributed by atoms with E-state index in [2.05, 4.69) is 0 Å². The summed E-state index contributed by atoms with van der Waals surface area (Å²) in [5.74, 6) is -15.3. The lowest BCUT2D eigenvalue weighted by Crippen LogP contribution is -2.71. The minimum atomic E-state index is -7.68. The van der Waals surface area contributed by atoms with Crippen LogP contribution < -0.4 is 0 Å². The molecule has 0 radical (unpaired) electrons. The molecule has 0 nitrogen and oxygen atoms in total. The molecule has 28 heavy (non-hydrogen) atoms. The van der Waals surface area contributed by atoms with Crippen LogP contribution in [0.5, 0.6) is 0 Å². The molecule has 0 aliphatic rings. The first-order valence-corrected chi connectivity index (χ1v) is 6.86. The van der Waals surface area contributed by atoms with Crippen LogP contribution in [0.1, 0.15) is 11.1 Å². The average molecular weight is 442 g/mol. The molecule has 0 bridgehead atoms. The summed E-state index contributed by atoms with van der Waals surface area (Å²) < 4.78 is 182. The van der Waals surface area contributed by atoms with Crippen molar-refractivity contribution in [2.45, 2.75) is 43.5 Å². The van der Waals surface area contributed by atoms with Crippen molar-refractivity contribution < 1.29 is 61.5 Å². The van der Waals surface area contributed by atoms with Crippen molar-refractivity contribution in [3.63, 3.8) is 0 Å². The van der Waals surface area contributed by atoms with Crippen molar-refractivity contribution in [3.8, 4) is 0 Å². The van der Waals surface area contributed by atoms with E-state index in [1.807, 2.05) is 0 Å². The van der Waals surface area contributed by atoms with Crippen molar-refractivity contribution in [2.75, 3.05) is 0 Å². The first-order chi connectivity index (χ1) is 12.3. The molecule has 0 unspecified atom stereocenters. The molecule has 1 aromatic carbocycles. The lowest BCUT2D eigenvalue weighted by molar-refractivity contribution is -0.460. The van der Waals surface area contributed by atoms with E-state index in [9.17, 15) is 61.5 Å². The fourth-order valence-corrected chi connectivity index (χ4v) is 2.33. The molecule has 0 aliphatic carbocycles. The second kappa shape index (κ2) is 6.94. The summed E-state index contributed by atoms with van der Waals surface area (Å²) in [6.45, 7) is -1.26. The molecule has 14 heteroatoms. The molecule has 0 spiro atoms. The van der Waals surface area contributed by atoms with Gasteiger partial charge in [-0.3, -0.25) is 0 Å². The van der Waals surface area contributed by atoms with Crippen molar-refractivity contribution in [3.05, 3.63) is 35.4 Å². The molecule has 0 amide bonds. The van der Waals surface area contributed by atoms with Crippen LogP contribution in [0.4, 0.5) is 61.5 Å². The molecule has 0 aliphatic heterocycles. The van der Waals surface area contributed by atoms with Gasteiger partial charge in [0.25, 0.3) is 0 Å². The van der Waals surface area contributed by atoms with Crippen LogP contribution in [0.3, 0.4) is 0 Å². The SMILES string of the molecule is FCc1ccc(CC(C(F)(F)F)(C(F)(F)F)C(F)(F)C(F)(F)C(F)(F)F)cc1. The Labute approximate surface area is 147 Å². The van der Waals surface area contributed by atoms with Crippen LogP contribution in [0.15, 0.2) is 24.3 Å². The molecular weight excluding hydrogens is 434 g/mol. The van der Waals surface area contributed by atoms with E-state index in [4.69, 9.17) is 0 Å². The summed E-state index contributed by atoms with van der Waals surface area (Å²) >= 11 is 0. The maximum Gasteiger partial charge on any atom is 0.459 e. The molecule has 1 aromatic rings. The monoisotopic (exact) mass is 442 g/mol. The summed E-state index contributed by atoms with van der Waals surface area (Å²) in [6, 6.07) is 1.69. The lowest BCUT2D eigenvalue weighted by atomic mass is 9.71. The highest BCUT2D eigenvalue weighted by Gasteiger charge is 2.91. The third-order valence-corrected chi connectivity index (χ3v) is 3.90. The summed E-state index contributed by atoms with van der Waals surface area (Å²) in [5.41, 5.74) is -8.42. The van der Waals surface area contributed by atoms with Gasteiger partial charge in [-0.15, -0.1) is 0 Å². The minimum absolute atomic E-state index is 0.281. The van der Waals surface area contributed by atoms with Gasteiger partial charge in [0.15, 0.2) is 0 Å². The van der Waals surface area contributed by atoms with Crippen LogP contribution in [0.2, 0.25) is 0 Å². The lowest BCUT2D eigenvalue weighted by Gasteiger charge is -2.45. The van der Waals surface area contributed by atoms with Crippen molar-refractivity contribution in [1.29, 1.82) is 0 Å². The van der Waals surface area contributed by atoms with E-state index in [-0.39, 0.29) is 17.7 Å². The highest BCUT2D eigenvalue weighted by atomic mass is 19.4. The number of hydrogen-bond acceptors (Lipinski definition) is 0. The minimum Gasteiger partial charge on any atom is -0.246 e. The normalized spacial score (nSPS) is 15.1. The van der Waals surface area contributed by atoms with E-state index in [0.29, 0.717) is 12.1 Å². The number of hydrogen-bond donors (Lipinski definition) is 0. The summed E-state index contributed by atoms with van der Waals surface area (Å²) in [6.07, 6.45) is -25.0. The van der Waals surface area contributed by atoms with Gasteiger partial charge in [0.2, 0.25) is 5.41 Å². The second-order valence-corrected chi connectivity index (χ2v) is 5.67. The van der Waals surface area contributed by atoms with Gasteiger partial charge in [-0.25, -0.2) is 4.39 Å². The van der Waals surface area contributed by atoms with Gasteiger partial charge >= 0.3 is 30.4 Å². The summed E-state index contributed by atoms with van der Waals surface area (Å²) in [5, 5.41) is 0. The van der Waals surface area contributed by atoms with Gasteiger partial charge in [0.1, 0.15) is 6.67 Å². The fourth-order valence-electron chi connectivity index (χ4n) is 2.33. The standard InChI is InChI=1S/C14H8F14/c15-6-8-3-1-7(2-4-8)5-9(12(20,21)22,13(23,24)25)10(16,17)11(18,19)14(26,27)28/h1-4H,5-6H2. The molecular formula is C14H8F14. The molecule has 0 heterocycles. The van der Waals surface area contributed by atoms with Gasteiger partial charge in [-0.2, -0.15) is 57.1 Å². The molecule has 0 N–H and O–H groups in total. The van der Waals surface area contributed by atoms with Crippen molar-refractivity contribution in [1.82, 2.24) is 0 Å². The van der Waals surface area contributed by atoms with Crippen LogP contribution in [0.25, 0.3) is 0 Å². The van der Waals surface area contributed by atoms with Gasteiger partial charge in [-0.1, -0.05) is 24.3 Å². The fraction of sp³-hybridized carbons (Fsp3) is 0.571. The van der Waals surface area contributed by atoms with E-state index in [1.165, 1.54) is 0 Å². The Morgan fingerprint density at radius 2 is 0.857 bits per heavy atom. The quantitative estimate of drug-likeness (QED) is 0.449. The molecule has 0 aromatic heterocycles. The van der Waals surface area contributed by atoms with Crippen molar-refractivity contribution in [2.24, 2.45) is 5.41 Å².